The van der Waals surface area contributed by atoms with E-state index in [-0.39, 0.29) is 17.2 Å². The summed E-state index contributed by atoms with van der Waals surface area (Å²) in [5.74, 6) is -0.795. The molecule has 1 aromatic heterocycles. The Labute approximate surface area is 150 Å². The fraction of sp³-hybridized carbons (Fsp3) is 0.364. The Hall–Kier alpha value is -2.23. The van der Waals surface area contributed by atoms with Crippen molar-refractivity contribution in [2.75, 3.05) is 0 Å². The van der Waals surface area contributed by atoms with E-state index >= 15 is 0 Å². The molecule has 0 spiro atoms. The van der Waals surface area contributed by atoms with Crippen LogP contribution in [0.2, 0.25) is 0 Å². The molecule has 0 atom stereocenters. The van der Waals surface area contributed by atoms with Gasteiger partial charge in [-0.25, -0.2) is 13.2 Å². The van der Waals surface area contributed by atoms with E-state index in [1.54, 1.807) is 18.2 Å². The molecule has 0 aliphatic heterocycles. The van der Waals surface area contributed by atoms with Crippen LogP contribution >= 0.6 is 0 Å². The van der Waals surface area contributed by atoms with Crippen LogP contribution in [0.4, 0.5) is 13.2 Å². The first kappa shape index (κ1) is 17.2. The van der Waals surface area contributed by atoms with Crippen LogP contribution in [0.3, 0.4) is 0 Å². The Morgan fingerprint density at radius 3 is 2.31 bits per heavy atom. The number of rotatable bonds is 3. The Morgan fingerprint density at radius 1 is 0.885 bits per heavy atom. The molecule has 0 saturated heterocycles. The lowest BCUT2D eigenvalue weighted by Gasteiger charge is -2.28. The summed E-state index contributed by atoms with van der Waals surface area (Å²) >= 11 is 0. The van der Waals surface area contributed by atoms with Crippen LogP contribution in [0.1, 0.15) is 50.5 Å². The van der Waals surface area contributed by atoms with Gasteiger partial charge in [-0.15, -0.1) is 0 Å². The predicted octanol–water partition coefficient (Wildman–Crippen LogP) is 7.20. The molecule has 0 unspecified atom stereocenters. The summed E-state index contributed by atoms with van der Waals surface area (Å²) in [4.78, 5) is 0. The summed E-state index contributed by atoms with van der Waals surface area (Å²) in [6, 6.07) is 8.84. The molecule has 1 saturated carbocycles. The summed E-state index contributed by atoms with van der Waals surface area (Å²) in [7, 11) is 0. The van der Waals surface area contributed by atoms with E-state index in [1.807, 2.05) is 6.07 Å². The van der Waals surface area contributed by atoms with Gasteiger partial charge >= 0.3 is 0 Å². The van der Waals surface area contributed by atoms with Crippen molar-refractivity contribution in [3.05, 3.63) is 59.4 Å². The third-order valence-electron chi connectivity index (χ3n) is 5.71. The molecule has 0 amide bonds. The van der Waals surface area contributed by atoms with E-state index in [0.717, 1.165) is 36.5 Å². The second-order valence-electron chi connectivity index (χ2n) is 7.28. The highest BCUT2D eigenvalue weighted by Crippen LogP contribution is 2.38. The average Bonchev–Trinajstić information content (AvgIpc) is 3.04. The highest BCUT2D eigenvalue weighted by molar-refractivity contribution is 5.83. The highest BCUT2D eigenvalue weighted by Gasteiger charge is 2.22. The average molecular weight is 358 g/mol. The van der Waals surface area contributed by atoms with Gasteiger partial charge in [0.25, 0.3) is 0 Å². The molecule has 4 heteroatoms. The largest absolute Gasteiger partial charge is 0.456 e. The molecule has 0 bridgehead atoms. The van der Waals surface area contributed by atoms with Gasteiger partial charge in [-0.2, -0.15) is 0 Å². The Balaban J connectivity index is 1.62. The first-order chi connectivity index (χ1) is 12.5. The van der Waals surface area contributed by atoms with E-state index in [0.29, 0.717) is 16.9 Å². The molecule has 4 rings (SSSR count). The van der Waals surface area contributed by atoms with Gasteiger partial charge in [0.15, 0.2) is 11.6 Å². The van der Waals surface area contributed by atoms with Crippen LogP contribution in [0.15, 0.2) is 40.8 Å². The molecule has 2 aromatic carbocycles. The van der Waals surface area contributed by atoms with Gasteiger partial charge in [0.1, 0.15) is 17.2 Å². The molecular formula is C22H21F3O. The van der Waals surface area contributed by atoms with E-state index < -0.39 is 11.6 Å². The molecule has 1 fully saturated rings. The lowest BCUT2D eigenvalue weighted by atomic mass is 9.77. The van der Waals surface area contributed by atoms with Gasteiger partial charge in [-0.05, 0) is 67.3 Å². The molecule has 0 radical (unpaired) electrons. The molecule has 3 aromatic rings. The normalized spacial score (nSPS) is 20.6. The zero-order valence-electron chi connectivity index (χ0n) is 14.7. The summed E-state index contributed by atoms with van der Waals surface area (Å²) in [5.41, 5.74) is 1.54. The molecule has 1 nitrogen and oxygen atoms in total. The minimum atomic E-state index is -0.975. The van der Waals surface area contributed by atoms with Crippen molar-refractivity contribution in [3.8, 4) is 11.3 Å². The fourth-order valence-corrected chi connectivity index (χ4v) is 4.06. The van der Waals surface area contributed by atoms with Crippen LogP contribution in [-0.2, 0) is 0 Å². The number of halogens is 3. The highest BCUT2D eigenvalue weighted by atomic mass is 19.2. The molecule has 136 valence electrons. The number of benzene rings is 2. The van der Waals surface area contributed by atoms with Crippen molar-refractivity contribution in [1.82, 2.24) is 0 Å². The maximum absolute atomic E-state index is 14.7. The summed E-state index contributed by atoms with van der Waals surface area (Å²) in [6.45, 7) is 2.23. The SMILES string of the molecule is CCC1CCC(c2ccc(-c3cc4cc(F)c(F)cc4o3)c(F)c2)CC1. The van der Waals surface area contributed by atoms with Crippen LogP contribution in [0.5, 0.6) is 0 Å². The van der Waals surface area contributed by atoms with E-state index in [2.05, 4.69) is 6.92 Å². The summed E-state index contributed by atoms with van der Waals surface area (Å²) in [5, 5.41) is 0.417. The second kappa shape index (κ2) is 6.82. The van der Waals surface area contributed by atoms with Crippen LogP contribution in [0, 0.1) is 23.4 Å². The third-order valence-corrected chi connectivity index (χ3v) is 5.71. The van der Waals surface area contributed by atoms with Crippen LogP contribution < -0.4 is 0 Å². The standard InChI is InChI=1S/C22H21F3O/c1-2-13-3-5-14(6-4-13)15-7-8-17(18(23)9-15)22-11-16-10-19(24)20(25)12-21(16)26-22/h7-14H,2-6H2,1H3. The van der Waals surface area contributed by atoms with Gasteiger partial charge in [0, 0.05) is 11.5 Å². The predicted molar refractivity (Wildman–Crippen MR) is 96.5 cm³/mol. The lowest BCUT2D eigenvalue weighted by Crippen LogP contribution is -2.12. The molecule has 0 N–H and O–H groups in total. The second-order valence-corrected chi connectivity index (χ2v) is 7.28. The Bertz CT molecular complexity index is 897. The van der Waals surface area contributed by atoms with Crippen molar-refractivity contribution in [3.63, 3.8) is 0 Å². The molecular weight excluding hydrogens is 337 g/mol. The lowest BCUT2D eigenvalue weighted by molar-refractivity contribution is 0.318. The van der Waals surface area contributed by atoms with Crippen molar-refractivity contribution >= 4 is 11.0 Å². The monoisotopic (exact) mass is 358 g/mol. The van der Waals surface area contributed by atoms with Gasteiger partial charge in [-0.1, -0.05) is 19.4 Å². The third kappa shape index (κ3) is 3.13. The van der Waals surface area contributed by atoms with E-state index in [1.165, 1.54) is 19.3 Å². The van der Waals surface area contributed by atoms with Gasteiger partial charge < -0.3 is 4.42 Å². The van der Waals surface area contributed by atoms with Crippen LogP contribution in [-0.4, -0.2) is 0 Å². The topological polar surface area (TPSA) is 13.1 Å². The van der Waals surface area contributed by atoms with Gasteiger partial charge in [-0.3, -0.25) is 0 Å². The first-order valence-corrected chi connectivity index (χ1v) is 9.23. The number of hydrogen-bond acceptors (Lipinski definition) is 1. The number of furan rings is 1. The van der Waals surface area contributed by atoms with E-state index in [9.17, 15) is 13.2 Å². The molecule has 1 aliphatic rings. The van der Waals surface area contributed by atoms with E-state index in [4.69, 9.17) is 4.42 Å². The fourth-order valence-electron chi connectivity index (χ4n) is 4.06. The molecule has 26 heavy (non-hydrogen) atoms. The maximum Gasteiger partial charge on any atom is 0.162 e. The smallest absolute Gasteiger partial charge is 0.162 e. The molecule has 1 aliphatic carbocycles. The van der Waals surface area contributed by atoms with Crippen molar-refractivity contribution in [2.24, 2.45) is 5.92 Å². The van der Waals surface area contributed by atoms with Gasteiger partial charge in [0.05, 0.1) is 5.56 Å². The Kier molecular flexibility index (Phi) is 4.51. The van der Waals surface area contributed by atoms with Gasteiger partial charge in [0.2, 0.25) is 0 Å². The van der Waals surface area contributed by atoms with Crippen molar-refractivity contribution in [2.45, 2.75) is 44.9 Å². The van der Waals surface area contributed by atoms with Crippen molar-refractivity contribution in [1.29, 1.82) is 0 Å². The minimum absolute atomic E-state index is 0.209. The first-order valence-electron chi connectivity index (χ1n) is 9.23. The van der Waals surface area contributed by atoms with Crippen molar-refractivity contribution < 1.29 is 17.6 Å². The quantitative estimate of drug-likeness (QED) is 0.482. The number of hydrogen-bond donors (Lipinski definition) is 0. The Morgan fingerprint density at radius 2 is 1.62 bits per heavy atom. The maximum atomic E-state index is 14.7. The summed E-state index contributed by atoms with van der Waals surface area (Å²) < 4.78 is 47.0. The zero-order chi connectivity index (χ0) is 18.3. The minimum Gasteiger partial charge on any atom is -0.456 e. The summed E-state index contributed by atoms with van der Waals surface area (Å²) in [6.07, 6.45) is 5.81. The number of fused-ring (bicyclic) bond motifs is 1. The molecule has 1 heterocycles. The van der Waals surface area contributed by atoms with Crippen LogP contribution in [0.25, 0.3) is 22.3 Å². The zero-order valence-corrected chi connectivity index (χ0v) is 14.7.